The summed E-state index contributed by atoms with van der Waals surface area (Å²) in [4.78, 5) is 50.9. The first-order chi connectivity index (χ1) is 13.4. The lowest BCUT2D eigenvalue weighted by Crippen LogP contribution is -2.61. The van der Waals surface area contributed by atoms with Crippen LogP contribution in [0.2, 0.25) is 0 Å². The predicted octanol–water partition coefficient (Wildman–Crippen LogP) is 3.18. The maximum Gasteiger partial charge on any atom is 0.408 e. The van der Waals surface area contributed by atoms with E-state index in [1.165, 1.54) is 0 Å². The zero-order valence-electron chi connectivity index (χ0n) is 19.7. The topological polar surface area (TPSA) is 108 Å². The van der Waals surface area contributed by atoms with E-state index in [2.05, 4.69) is 5.32 Å². The lowest BCUT2D eigenvalue weighted by Gasteiger charge is -2.38. The molecule has 0 radical (unpaired) electrons. The highest BCUT2D eigenvalue weighted by molar-refractivity contribution is 5.89. The summed E-state index contributed by atoms with van der Waals surface area (Å²) in [7, 11) is 0. The van der Waals surface area contributed by atoms with Gasteiger partial charge in [-0.2, -0.15) is 0 Å². The Morgan fingerprint density at radius 2 is 1.37 bits per heavy atom. The summed E-state index contributed by atoms with van der Waals surface area (Å²) in [5.41, 5.74) is -5.57. The maximum absolute atomic E-state index is 13.4. The number of hydrogen-bond donors (Lipinski definition) is 1. The quantitative estimate of drug-likeness (QED) is 0.528. The molecule has 8 heteroatoms. The van der Waals surface area contributed by atoms with Crippen LogP contribution in [0.5, 0.6) is 5.75 Å². The minimum Gasteiger partial charge on any atom is -0.486 e. The first-order valence-electron chi connectivity index (χ1n) is 10.1. The van der Waals surface area contributed by atoms with Crippen molar-refractivity contribution in [3.05, 3.63) is 26.0 Å². The SMILES string of the molecule is CC(C)CC(NC(=O)OC(C)(C)C)(C(=O)OC(C)(C)C)c1c(OC(C)C)c(=O)c1=O. The van der Waals surface area contributed by atoms with Gasteiger partial charge in [0.1, 0.15) is 11.2 Å². The van der Waals surface area contributed by atoms with Crippen molar-refractivity contribution in [1.82, 2.24) is 5.32 Å². The van der Waals surface area contributed by atoms with Crippen LogP contribution in [0.25, 0.3) is 0 Å². The van der Waals surface area contributed by atoms with Gasteiger partial charge in [0.25, 0.3) is 5.43 Å². The molecular formula is C22H35NO7. The molecule has 1 aromatic carbocycles. The van der Waals surface area contributed by atoms with Gasteiger partial charge in [0.2, 0.25) is 5.43 Å². The number of carbonyl (C=O) groups is 2. The fraction of sp³-hybridized carbons (Fsp3) is 0.727. The zero-order valence-corrected chi connectivity index (χ0v) is 19.7. The second kappa shape index (κ2) is 8.78. The van der Waals surface area contributed by atoms with E-state index >= 15 is 0 Å². The van der Waals surface area contributed by atoms with Gasteiger partial charge in [-0.15, -0.1) is 0 Å². The van der Waals surface area contributed by atoms with E-state index in [1.54, 1.807) is 55.4 Å². The summed E-state index contributed by atoms with van der Waals surface area (Å²) in [5.74, 6) is -1.23. The molecular weight excluding hydrogens is 390 g/mol. The Kier molecular flexibility index (Phi) is 7.51. The highest BCUT2D eigenvalue weighted by Crippen LogP contribution is 2.36. The molecule has 1 amide bonds. The molecule has 1 atom stereocenters. The van der Waals surface area contributed by atoms with Gasteiger partial charge in [-0.1, -0.05) is 13.8 Å². The van der Waals surface area contributed by atoms with Gasteiger partial charge < -0.3 is 19.5 Å². The molecule has 0 aliphatic carbocycles. The molecule has 0 saturated carbocycles. The normalized spacial score (nSPS) is 14.5. The summed E-state index contributed by atoms with van der Waals surface area (Å²) in [5, 5.41) is 2.55. The number of alkyl carbamates (subject to hydrolysis) is 1. The van der Waals surface area contributed by atoms with Crippen molar-refractivity contribution in [2.45, 2.75) is 98.5 Å². The molecule has 1 aromatic rings. The standard InChI is InChI=1S/C22H35NO7/c1-12(2)11-22(18(26)29-20(5,6)7,23-19(27)30-21(8,9)10)14-15(24)16(25)17(14)28-13(3)4/h12-13H,11H2,1-10H3,(H,23,27). The third-order valence-corrected chi connectivity index (χ3v) is 3.82. The molecule has 0 aliphatic rings. The van der Waals surface area contributed by atoms with E-state index < -0.39 is 45.8 Å². The molecule has 1 unspecified atom stereocenters. The monoisotopic (exact) mass is 425 g/mol. The van der Waals surface area contributed by atoms with E-state index in [-0.39, 0.29) is 23.7 Å². The predicted molar refractivity (Wildman–Crippen MR) is 113 cm³/mol. The van der Waals surface area contributed by atoms with Crippen LogP contribution in [0.3, 0.4) is 0 Å². The van der Waals surface area contributed by atoms with Gasteiger partial charge in [0.15, 0.2) is 11.3 Å². The van der Waals surface area contributed by atoms with Crippen LogP contribution < -0.4 is 20.9 Å². The second-order valence-corrected chi connectivity index (χ2v) is 10.2. The summed E-state index contributed by atoms with van der Waals surface area (Å²) in [6.07, 6.45) is -1.30. The molecule has 0 saturated heterocycles. The summed E-state index contributed by atoms with van der Waals surface area (Å²) in [6.45, 7) is 17.1. The average Bonchev–Trinajstić information content (AvgIpc) is 2.49. The van der Waals surface area contributed by atoms with Crippen LogP contribution in [0.4, 0.5) is 4.79 Å². The van der Waals surface area contributed by atoms with Crippen molar-refractivity contribution in [1.29, 1.82) is 0 Å². The molecule has 0 spiro atoms. The molecule has 0 aromatic heterocycles. The van der Waals surface area contributed by atoms with Crippen LogP contribution >= 0.6 is 0 Å². The lowest BCUT2D eigenvalue weighted by atomic mass is 9.79. The summed E-state index contributed by atoms with van der Waals surface area (Å²) < 4.78 is 16.4. The maximum atomic E-state index is 13.4. The van der Waals surface area contributed by atoms with Gasteiger partial charge in [-0.3, -0.25) is 9.59 Å². The van der Waals surface area contributed by atoms with E-state index in [4.69, 9.17) is 14.2 Å². The number of amides is 1. The largest absolute Gasteiger partial charge is 0.486 e. The van der Waals surface area contributed by atoms with Crippen LogP contribution in [-0.4, -0.2) is 29.4 Å². The lowest BCUT2D eigenvalue weighted by molar-refractivity contribution is -0.165. The third-order valence-electron chi connectivity index (χ3n) is 3.82. The van der Waals surface area contributed by atoms with Gasteiger partial charge in [0, 0.05) is 0 Å². The van der Waals surface area contributed by atoms with Crippen molar-refractivity contribution in [3.8, 4) is 5.75 Å². The van der Waals surface area contributed by atoms with Crippen molar-refractivity contribution >= 4 is 12.1 Å². The Morgan fingerprint density at radius 1 is 0.867 bits per heavy atom. The molecule has 0 aliphatic heterocycles. The van der Waals surface area contributed by atoms with Crippen LogP contribution in [0.1, 0.15) is 81.2 Å². The molecule has 1 N–H and O–H groups in total. The van der Waals surface area contributed by atoms with Crippen molar-refractivity contribution in [2.75, 3.05) is 0 Å². The molecule has 30 heavy (non-hydrogen) atoms. The number of carbonyl (C=O) groups excluding carboxylic acids is 2. The Labute approximate surface area is 178 Å². The number of esters is 1. The zero-order chi connectivity index (χ0) is 23.7. The third kappa shape index (κ3) is 6.31. The minimum atomic E-state index is -1.92. The first kappa shape index (κ1) is 25.7. The van der Waals surface area contributed by atoms with Crippen LogP contribution in [-0.2, 0) is 19.8 Å². The van der Waals surface area contributed by atoms with Crippen LogP contribution in [0, 0.1) is 5.92 Å². The Balaban J connectivity index is 3.69. The van der Waals surface area contributed by atoms with E-state index in [0.29, 0.717) is 0 Å². The molecule has 0 bridgehead atoms. The first-order valence-corrected chi connectivity index (χ1v) is 10.1. The molecule has 8 nitrogen and oxygen atoms in total. The average molecular weight is 426 g/mol. The van der Waals surface area contributed by atoms with E-state index in [0.717, 1.165) is 0 Å². The second-order valence-electron chi connectivity index (χ2n) is 10.2. The molecule has 0 fully saturated rings. The highest BCUT2D eigenvalue weighted by Gasteiger charge is 2.52. The van der Waals surface area contributed by atoms with Gasteiger partial charge in [-0.05, 0) is 67.7 Å². The van der Waals surface area contributed by atoms with E-state index in [9.17, 15) is 19.2 Å². The Morgan fingerprint density at radius 3 is 1.77 bits per heavy atom. The molecule has 1 rings (SSSR count). The highest BCUT2D eigenvalue weighted by atomic mass is 16.6. The minimum absolute atomic E-state index is 0.0143. The van der Waals surface area contributed by atoms with Crippen molar-refractivity contribution in [3.63, 3.8) is 0 Å². The van der Waals surface area contributed by atoms with Gasteiger partial charge >= 0.3 is 12.1 Å². The number of rotatable bonds is 7. The molecule has 170 valence electrons. The Hall–Kier alpha value is -2.38. The van der Waals surface area contributed by atoms with Crippen LogP contribution in [0.15, 0.2) is 9.59 Å². The number of hydrogen-bond acceptors (Lipinski definition) is 7. The number of ether oxygens (including phenoxy) is 3. The number of nitrogens with one attached hydrogen (secondary N) is 1. The fourth-order valence-electron chi connectivity index (χ4n) is 3.01. The van der Waals surface area contributed by atoms with E-state index in [1.807, 2.05) is 13.8 Å². The van der Waals surface area contributed by atoms with Gasteiger partial charge in [-0.25, -0.2) is 9.59 Å². The van der Waals surface area contributed by atoms with Crippen molar-refractivity contribution < 1.29 is 23.8 Å². The summed E-state index contributed by atoms with van der Waals surface area (Å²) >= 11 is 0. The van der Waals surface area contributed by atoms with Crippen molar-refractivity contribution in [2.24, 2.45) is 5.92 Å². The Bertz CT molecular complexity index is 848. The fourth-order valence-corrected chi connectivity index (χ4v) is 3.01. The smallest absolute Gasteiger partial charge is 0.408 e. The summed E-state index contributed by atoms with van der Waals surface area (Å²) in [6, 6.07) is 0. The van der Waals surface area contributed by atoms with Gasteiger partial charge in [0.05, 0.1) is 11.7 Å². The molecule has 0 heterocycles.